The van der Waals surface area contributed by atoms with Crippen LogP contribution in [-0.2, 0) is 11.4 Å². The molecule has 2 aromatic heterocycles. The number of rotatable bonds is 10. The molecule has 0 aliphatic heterocycles. The molecule has 1 saturated carbocycles. The van der Waals surface area contributed by atoms with Crippen LogP contribution in [0.25, 0.3) is 22.5 Å². The van der Waals surface area contributed by atoms with Crippen molar-refractivity contribution in [3.63, 3.8) is 0 Å². The van der Waals surface area contributed by atoms with Crippen LogP contribution < -0.4 is 15.8 Å². The summed E-state index contributed by atoms with van der Waals surface area (Å²) in [5, 5.41) is 7.69. The van der Waals surface area contributed by atoms with E-state index in [1.54, 1.807) is 16.8 Å². The fourth-order valence-electron chi connectivity index (χ4n) is 5.21. The Hall–Kier alpha value is -5.19. The van der Waals surface area contributed by atoms with E-state index in [1.165, 1.54) is 42.2 Å². The van der Waals surface area contributed by atoms with Crippen molar-refractivity contribution in [2.24, 2.45) is 5.73 Å². The van der Waals surface area contributed by atoms with Gasteiger partial charge in [0, 0.05) is 23.2 Å². The highest BCUT2D eigenvalue weighted by atomic mass is 19.4. The second-order valence-electron chi connectivity index (χ2n) is 11.0. The molecule has 1 fully saturated rings. The Bertz CT molecular complexity index is 1850. The van der Waals surface area contributed by atoms with Crippen molar-refractivity contribution in [1.82, 2.24) is 14.6 Å². The van der Waals surface area contributed by atoms with Crippen molar-refractivity contribution in [3.05, 3.63) is 119 Å². The Morgan fingerprint density at radius 3 is 2.52 bits per heavy atom. The molecule has 11 heteroatoms. The number of carbonyl (C=O) groups excluding carboxylic acids is 1. The third-order valence-electron chi connectivity index (χ3n) is 7.59. The molecule has 0 atom stereocenters. The largest absolute Gasteiger partial charge is 0.488 e. The number of hydrogen-bond donors (Lipinski definition) is 2. The standard InChI is InChI=1S/C34H30F4N4O.CH3NO/c1-21-16-25(10-12-27(21)24-8-9-24)31-19-40-33-30(39-15-14-34(36,37)38)18-29(41-42(31)33)22(2)28-17-26(35)11-13-32(28)43-20-23-6-4-3-5-7-23;2-1-3/h3-7,10-13,16-19,24,39H,2,8-9,14-15,20H2,1H3;1H,(H2,2,3). The number of primary amides is 1. The molecular weight excluding hydrogens is 598 g/mol. The topological polar surface area (TPSA) is 94.5 Å². The summed E-state index contributed by atoms with van der Waals surface area (Å²) in [6.45, 7) is 6.19. The number of alkyl halides is 3. The van der Waals surface area contributed by atoms with Gasteiger partial charge in [0.25, 0.3) is 0 Å². The maximum absolute atomic E-state index is 14.5. The summed E-state index contributed by atoms with van der Waals surface area (Å²) in [4.78, 5) is 13.1. The molecule has 6 rings (SSSR count). The lowest BCUT2D eigenvalue weighted by Gasteiger charge is -2.16. The summed E-state index contributed by atoms with van der Waals surface area (Å²) in [5.74, 6) is 0.515. The van der Waals surface area contributed by atoms with Gasteiger partial charge in [0.15, 0.2) is 5.65 Å². The number of carbonyl (C=O) groups is 1. The van der Waals surface area contributed by atoms with Gasteiger partial charge in [-0.2, -0.15) is 18.3 Å². The van der Waals surface area contributed by atoms with E-state index in [0.29, 0.717) is 45.5 Å². The number of nitrogens with zero attached hydrogens (tertiary/aromatic N) is 3. The van der Waals surface area contributed by atoms with Crippen LogP contribution in [0.3, 0.4) is 0 Å². The Morgan fingerprint density at radius 2 is 1.85 bits per heavy atom. The van der Waals surface area contributed by atoms with Gasteiger partial charge in [-0.25, -0.2) is 13.9 Å². The first kappa shape index (κ1) is 32.2. The Morgan fingerprint density at radius 1 is 1.11 bits per heavy atom. The monoisotopic (exact) mass is 631 g/mol. The summed E-state index contributed by atoms with van der Waals surface area (Å²) in [6, 6.07) is 21.5. The quantitative estimate of drug-likeness (QED) is 0.121. The molecule has 1 amide bonds. The highest BCUT2D eigenvalue weighted by Crippen LogP contribution is 2.42. The number of aromatic nitrogens is 3. The molecule has 5 aromatic rings. The van der Waals surface area contributed by atoms with E-state index in [1.807, 2.05) is 36.4 Å². The summed E-state index contributed by atoms with van der Waals surface area (Å²) in [7, 11) is 0. The van der Waals surface area contributed by atoms with Crippen molar-refractivity contribution in [2.45, 2.75) is 44.9 Å². The van der Waals surface area contributed by atoms with Crippen LogP contribution in [0.15, 0.2) is 85.6 Å². The fraction of sp³-hybridized carbons (Fsp3) is 0.229. The number of nitrogens with two attached hydrogens (primary N) is 1. The number of aryl methyl sites for hydroxylation is 1. The maximum atomic E-state index is 14.5. The number of nitrogens with one attached hydrogen (secondary N) is 1. The van der Waals surface area contributed by atoms with E-state index in [-0.39, 0.29) is 19.6 Å². The Labute approximate surface area is 263 Å². The smallest absolute Gasteiger partial charge is 0.390 e. The second kappa shape index (κ2) is 13.8. The summed E-state index contributed by atoms with van der Waals surface area (Å²) in [6.07, 6.45) is -1.06. The van der Waals surface area contributed by atoms with Crippen molar-refractivity contribution in [1.29, 1.82) is 0 Å². The zero-order chi connectivity index (χ0) is 32.8. The van der Waals surface area contributed by atoms with Crippen LogP contribution in [0.1, 0.15) is 53.1 Å². The zero-order valence-electron chi connectivity index (χ0n) is 25.2. The van der Waals surface area contributed by atoms with E-state index >= 15 is 0 Å². The molecule has 0 unspecified atom stereocenters. The summed E-state index contributed by atoms with van der Waals surface area (Å²) >= 11 is 0. The second-order valence-corrected chi connectivity index (χ2v) is 11.0. The van der Waals surface area contributed by atoms with Crippen molar-refractivity contribution >= 4 is 23.3 Å². The summed E-state index contributed by atoms with van der Waals surface area (Å²) in [5.41, 5.74) is 10.9. The number of fused-ring (bicyclic) bond motifs is 1. The van der Waals surface area contributed by atoms with Crippen molar-refractivity contribution in [3.8, 4) is 17.0 Å². The first-order valence-electron chi connectivity index (χ1n) is 14.7. The van der Waals surface area contributed by atoms with Gasteiger partial charge in [-0.15, -0.1) is 0 Å². The SMILES string of the molecule is C=C(c1cc(NCCC(F)(F)F)c2ncc(-c3ccc(C4CC4)c(C)c3)n2n1)c1cc(F)ccc1OCc1ccccc1.NC=O. The van der Waals surface area contributed by atoms with Crippen LogP contribution in [0, 0.1) is 12.7 Å². The lowest BCUT2D eigenvalue weighted by Crippen LogP contribution is -2.15. The summed E-state index contributed by atoms with van der Waals surface area (Å²) < 4.78 is 61.2. The Balaban J connectivity index is 0.00000134. The van der Waals surface area contributed by atoms with Gasteiger partial charge in [-0.3, -0.25) is 4.79 Å². The van der Waals surface area contributed by atoms with Crippen LogP contribution in [-0.4, -0.2) is 33.7 Å². The third-order valence-corrected chi connectivity index (χ3v) is 7.59. The molecule has 3 aromatic carbocycles. The van der Waals surface area contributed by atoms with Gasteiger partial charge >= 0.3 is 6.18 Å². The van der Waals surface area contributed by atoms with E-state index in [4.69, 9.17) is 14.6 Å². The number of amides is 1. The number of benzene rings is 3. The minimum Gasteiger partial charge on any atom is -0.488 e. The maximum Gasteiger partial charge on any atom is 0.390 e. The molecule has 0 spiro atoms. The van der Waals surface area contributed by atoms with Gasteiger partial charge in [0.05, 0.1) is 29.7 Å². The average Bonchev–Trinajstić information content (AvgIpc) is 3.78. The third kappa shape index (κ3) is 7.71. The molecular formula is C35H33F4N5O2. The molecule has 7 nitrogen and oxygen atoms in total. The van der Waals surface area contributed by atoms with Gasteiger partial charge in [-0.05, 0) is 72.7 Å². The number of hydrogen-bond acceptors (Lipinski definition) is 5. The average molecular weight is 632 g/mol. The lowest BCUT2D eigenvalue weighted by atomic mass is 10.0. The zero-order valence-corrected chi connectivity index (χ0v) is 25.2. The molecule has 0 bridgehead atoms. The minimum atomic E-state index is -4.32. The molecule has 0 radical (unpaired) electrons. The number of halogens is 4. The molecule has 238 valence electrons. The Kier molecular flexibility index (Phi) is 9.69. The molecule has 1 aliphatic rings. The number of ether oxygens (including phenoxy) is 1. The first-order valence-corrected chi connectivity index (χ1v) is 14.7. The first-order chi connectivity index (χ1) is 22.1. The van der Waals surface area contributed by atoms with Crippen LogP contribution in [0.2, 0.25) is 0 Å². The molecule has 2 heterocycles. The van der Waals surface area contributed by atoms with Gasteiger partial charge in [0.1, 0.15) is 18.2 Å². The fourth-order valence-corrected chi connectivity index (χ4v) is 5.21. The lowest BCUT2D eigenvalue weighted by molar-refractivity contribution is -0.131. The van der Waals surface area contributed by atoms with Crippen molar-refractivity contribution in [2.75, 3.05) is 11.9 Å². The van der Waals surface area contributed by atoms with E-state index in [9.17, 15) is 17.6 Å². The van der Waals surface area contributed by atoms with Crippen LogP contribution in [0.4, 0.5) is 23.2 Å². The number of imidazole rings is 1. The van der Waals surface area contributed by atoms with E-state index in [0.717, 1.165) is 11.1 Å². The van der Waals surface area contributed by atoms with Gasteiger partial charge < -0.3 is 15.8 Å². The predicted molar refractivity (Wildman–Crippen MR) is 170 cm³/mol. The van der Waals surface area contributed by atoms with Gasteiger partial charge in [0.2, 0.25) is 6.41 Å². The predicted octanol–water partition coefficient (Wildman–Crippen LogP) is 7.83. The minimum absolute atomic E-state index is 0.250. The van der Waals surface area contributed by atoms with Crippen molar-refractivity contribution < 1.29 is 27.1 Å². The number of anilines is 1. The molecule has 3 N–H and O–H groups in total. The van der Waals surface area contributed by atoms with E-state index < -0.39 is 18.4 Å². The highest BCUT2D eigenvalue weighted by Gasteiger charge is 2.27. The molecule has 0 saturated heterocycles. The molecule has 1 aliphatic carbocycles. The van der Waals surface area contributed by atoms with Gasteiger partial charge in [-0.1, -0.05) is 49.0 Å². The normalized spacial score (nSPS) is 12.7. The van der Waals surface area contributed by atoms with E-state index in [2.05, 4.69) is 41.7 Å². The van der Waals surface area contributed by atoms with Crippen LogP contribution >= 0.6 is 0 Å². The highest BCUT2D eigenvalue weighted by molar-refractivity contribution is 5.83. The molecule has 46 heavy (non-hydrogen) atoms. The van der Waals surface area contributed by atoms with Crippen LogP contribution in [0.5, 0.6) is 5.75 Å².